The molecule has 1 fully saturated rings. The molecule has 1 aliphatic heterocycles. The Morgan fingerprint density at radius 1 is 1.43 bits per heavy atom. The normalized spacial score (nSPS) is 19.3. The largest absolute Gasteiger partial charge is 0.449 e. The van der Waals surface area contributed by atoms with E-state index in [0.29, 0.717) is 10.7 Å². The highest BCUT2D eigenvalue weighted by Crippen LogP contribution is 2.22. The van der Waals surface area contributed by atoms with Crippen molar-refractivity contribution < 1.29 is 14.3 Å². The van der Waals surface area contributed by atoms with E-state index < -0.39 is 12.1 Å². The number of amides is 1. The quantitative estimate of drug-likeness (QED) is 0.675. The molecule has 1 heterocycles. The summed E-state index contributed by atoms with van der Waals surface area (Å²) < 4.78 is 5.31. The van der Waals surface area contributed by atoms with Gasteiger partial charge in [-0.1, -0.05) is 18.5 Å². The number of nitrogens with zero attached hydrogens (tertiary/aromatic N) is 1. The van der Waals surface area contributed by atoms with E-state index in [1.54, 1.807) is 6.92 Å². The SMILES string of the molecule is CC[C@H]1CCCCN1C(=O)[C@@H](C)OC(=O)c1ccc(Cl)c(N)c1. The monoisotopic (exact) mass is 338 g/mol. The zero-order valence-electron chi connectivity index (χ0n) is 13.5. The van der Waals surface area contributed by atoms with Crippen LogP contribution in [0.15, 0.2) is 18.2 Å². The van der Waals surface area contributed by atoms with Crippen molar-refractivity contribution >= 4 is 29.2 Å². The van der Waals surface area contributed by atoms with E-state index in [1.807, 2.05) is 4.90 Å². The molecule has 2 atom stereocenters. The Bertz CT molecular complexity index is 591. The van der Waals surface area contributed by atoms with Crippen molar-refractivity contribution in [3.63, 3.8) is 0 Å². The number of rotatable bonds is 4. The van der Waals surface area contributed by atoms with E-state index >= 15 is 0 Å². The van der Waals surface area contributed by atoms with Gasteiger partial charge >= 0.3 is 5.97 Å². The van der Waals surface area contributed by atoms with E-state index in [4.69, 9.17) is 22.1 Å². The molecule has 126 valence electrons. The van der Waals surface area contributed by atoms with Gasteiger partial charge in [-0.2, -0.15) is 0 Å². The molecule has 1 aromatic rings. The molecule has 2 rings (SSSR count). The second kappa shape index (κ2) is 7.68. The Hall–Kier alpha value is -1.75. The van der Waals surface area contributed by atoms with Crippen molar-refractivity contribution in [3.8, 4) is 0 Å². The predicted molar refractivity (Wildman–Crippen MR) is 90.4 cm³/mol. The highest BCUT2D eigenvalue weighted by Gasteiger charge is 2.30. The van der Waals surface area contributed by atoms with Crippen LogP contribution in [-0.4, -0.2) is 35.5 Å². The molecule has 5 nitrogen and oxygen atoms in total. The Balaban J connectivity index is 2.02. The number of esters is 1. The van der Waals surface area contributed by atoms with Crippen LogP contribution in [0.1, 0.15) is 49.9 Å². The number of carbonyl (C=O) groups excluding carboxylic acids is 2. The fraction of sp³-hybridized carbons (Fsp3) is 0.529. The molecule has 0 aromatic heterocycles. The van der Waals surface area contributed by atoms with E-state index in [1.165, 1.54) is 18.2 Å². The average molecular weight is 339 g/mol. The molecular weight excluding hydrogens is 316 g/mol. The van der Waals surface area contributed by atoms with Crippen LogP contribution in [0.4, 0.5) is 5.69 Å². The van der Waals surface area contributed by atoms with Gasteiger partial charge in [-0.15, -0.1) is 0 Å². The van der Waals surface area contributed by atoms with Crippen LogP contribution in [0.2, 0.25) is 5.02 Å². The number of ether oxygens (including phenoxy) is 1. The topological polar surface area (TPSA) is 72.6 Å². The van der Waals surface area contributed by atoms with Crippen molar-refractivity contribution in [1.82, 2.24) is 4.90 Å². The van der Waals surface area contributed by atoms with E-state index in [2.05, 4.69) is 6.92 Å². The molecule has 0 unspecified atom stereocenters. The Morgan fingerprint density at radius 3 is 2.83 bits per heavy atom. The summed E-state index contributed by atoms with van der Waals surface area (Å²) in [6.45, 7) is 4.41. The smallest absolute Gasteiger partial charge is 0.338 e. The van der Waals surface area contributed by atoms with Crippen molar-refractivity contribution in [2.45, 2.75) is 51.7 Å². The molecular formula is C17H23ClN2O3. The number of hydrogen-bond donors (Lipinski definition) is 1. The molecule has 0 aliphatic carbocycles. The van der Waals surface area contributed by atoms with Crippen molar-refractivity contribution in [3.05, 3.63) is 28.8 Å². The molecule has 6 heteroatoms. The van der Waals surface area contributed by atoms with Crippen LogP contribution >= 0.6 is 11.6 Å². The minimum absolute atomic E-state index is 0.133. The summed E-state index contributed by atoms with van der Waals surface area (Å²) in [7, 11) is 0. The van der Waals surface area contributed by atoms with Gasteiger partial charge in [0.25, 0.3) is 5.91 Å². The van der Waals surface area contributed by atoms with Crippen LogP contribution in [0.25, 0.3) is 0 Å². The van der Waals surface area contributed by atoms with Crippen LogP contribution in [0.3, 0.4) is 0 Å². The highest BCUT2D eigenvalue weighted by molar-refractivity contribution is 6.33. The second-order valence-electron chi connectivity index (χ2n) is 5.87. The first kappa shape index (κ1) is 17.6. The van der Waals surface area contributed by atoms with Gasteiger partial charge in [0.05, 0.1) is 16.3 Å². The molecule has 1 aromatic carbocycles. The third kappa shape index (κ3) is 4.16. The standard InChI is InChI=1S/C17H23ClN2O3/c1-3-13-6-4-5-9-20(13)16(21)11(2)23-17(22)12-7-8-14(18)15(19)10-12/h7-8,10-11,13H,3-6,9,19H2,1-2H3/t11-,13+/m1/s1. The number of benzene rings is 1. The maximum absolute atomic E-state index is 12.6. The summed E-state index contributed by atoms with van der Waals surface area (Å²) in [5.41, 5.74) is 6.28. The maximum Gasteiger partial charge on any atom is 0.338 e. The fourth-order valence-electron chi connectivity index (χ4n) is 2.90. The average Bonchev–Trinajstić information content (AvgIpc) is 2.56. The minimum atomic E-state index is -0.813. The van der Waals surface area contributed by atoms with E-state index in [9.17, 15) is 9.59 Å². The number of hydrogen-bond acceptors (Lipinski definition) is 4. The third-order valence-corrected chi connectivity index (χ3v) is 4.59. The lowest BCUT2D eigenvalue weighted by Crippen LogP contribution is -2.48. The molecule has 1 saturated heterocycles. The van der Waals surface area contributed by atoms with Crippen molar-refractivity contribution in [2.75, 3.05) is 12.3 Å². The number of piperidine rings is 1. The summed E-state index contributed by atoms with van der Waals surface area (Å²) in [6, 6.07) is 4.77. The predicted octanol–water partition coefficient (Wildman–Crippen LogP) is 3.26. The first-order valence-electron chi connectivity index (χ1n) is 8.00. The minimum Gasteiger partial charge on any atom is -0.449 e. The molecule has 1 amide bonds. The highest BCUT2D eigenvalue weighted by atomic mass is 35.5. The molecule has 0 radical (unpaired) electrons. The van der Waals surface area contributed by atoms with Crippen LogP contribution in [0, 0.1) is 0 Å². The molecule has 0 saturated carbocycles. The number of nitrogen functional groups attached to an aromatic ring is 1. The zero-order valence-corrected chi connectivity index (χ0v) is 14.3. The first-order chi connectivity index (χ1) is 10.9. The molecule has 23 heavy (non-hydrogen) atoms. The van der Waals surface area contributed by atoms with Crippen molar-refractivity contribution in [2.24, 2.45) is 0 Å². The number of nitrogens with two attached hydrogens (primary N) is 1. The lowest BCUT2D eigenvalue weighted by molar-refractivity contribution is -0.143. The molecule has 0 bridgehead atoms. The van der Waals surface area contributed by atoms with Gasteiger partial charge in [0.1, 0.15) is 0 Å². The molecule has 2 N–H and O–H groups in total. The number of likely N-dealkylation sites (tertiary alicyclic amines) is 1. The fourth-order valence-corrected chi connectivity index (χ4v) is 3.02. The number of halogens is 1. The second-order valence-corrected chi connectivity index (χ2v) is 6.28. The van der Waals surface area contributed by atoms with Gasteiger partial charge in [0, 0.05) is 12.6 Å². The molecule has 0 spiro atoms. The molecule has 1 aliphatic rings. The lowest BCUT2D eigenvalue weighted by Gasteiger charge is -2.36. The summed E-state index contributed by atoms with van der Waals surface area (Å²) in [5.74, 6) is -0.703. The van der Waals surface area contributed by atoms with Crippen LogP contribution in [0.5, 0.6) is 0 Å². The Morgan fingerprint density at radius 2 is 2.17 bits per heavy atom. The lowest BCUT2D eigenvalue weighted by atomic mass is 9.99. The summed E-state index contributed by atoms with van der Waals surface area (Å²) in [5, 5.41) is 0.379. The van der Waals surface area contributed by atoms with Gasteiger partial charge in [-0.3, -0.25) is 4.79 Å². The third-order valence-electron chi connectivity index (χ3n) is 4.24. The Labute approximate surface area is 141 Å². The van der Waals surface area contributed by atoms with E-state index in [0.717, 1.165) is 32.2 Å². The van der Waals surface area contributed by atoms with Crippen LogP contribution in [-0.2, 0) is 9.53 Å². The van der Waals surface area contributed by atoms with Gasteiger partial charge in [-0.05, 0) is 50.8 Å². The van der Waals surface area contributed by atoms with Gasteiger partial charge in [0.15, 0.2) is 6.10 Å². The van der Waals surface area contributed by atoms with Gasteiger partial charge < -0.3 is 15.4 Å². The number of carbonyl (C=O) groups is 2. The Kier molecular flexibility index (Phi) is 5.88. The zero-order chi connectivity index (χ0) is 17.0. The van der Waals surface area contributed by atoms with Gasteiger partial charge in [0.2, 0.25) is 0 Å². The van der Waals surface area contributed by atoms with Crippen molar-refractivity contribution in [1.29, 1.82) is 0 Å². The van der Waals surface area contributed by atoms with Gasteiger partial charge in [-0.25, -0.2) is 4.79 Å². The van der Waals surface area contributed by atoms with E-state index in [-0.39, 0.29) is 17.5 Å². The summed E-state index contributed by atoms with van der Waals surface area (Å²) in [6.07, 6.45) is 3.25. The summed E-state index contributed by atoms with van der Waals surface area (Å²) >= 11 is 5.84. The number of anilines is 1. The van der Waals surface area contributed by atoms with Crippen LogP contribution < -0.4 is 5.73 Å². The summed E-state index contributed by atoms with van der Waals surface area (Å²) in [4.78, 5) is 26.6. The first-order valence-corrected chi connectivity index (χ1v) is 8.38. The maximum atomic E-state index is 12.6.